The molecule has 0 radical (unpaired) electrons. The Morgan fingerprint density at radius 1 is 0.923 bits per heavy atom. The van der Waals surface area contributed by atoms with Gasteiger partial charge in [0.1, 0.15) is 0 Å². The third-order valence-corrected chi connectivity index (χ3v) is 5.80. The van der Waals surface area contributed by atoms with E-state index in [1.54, 1.807) is 17.4 Å². The third kappa shape index (κ3) is 3.65. The molecule has 0 aliphatic heterocycles. The fraction of sp³-hybridized carbons (Fsp3) is 0.273. The molecule has 0 unspecified atom stereocenters. The smallest absolute Gasteiger partial charge is 0.201 e. The quantitative estimate of drug-likeness (QED) is 0.461. The van der Waals surface area contributed by atoms with Crippen LogP contribution in [0.5, 0.6) is 5.75 Å². The molecule has 4 heteroatoms. The summed E-state index contributed by atoms with van der Waals surface area (Å²) in [6.07, 6.45) is 3.35. The number of rotatable bonds is 6. The molecule has 1 aliphatic rings. The van der Waals surface area contributed by atoms with Crippen LogP contribution in [-0.2, 0) is 0 Å². The van der Waals surface area contributed by atoms with Gasteiger partial charge in [0.2, 0.25) is 5.82 Å². The third-order valence-electron chi connectivity index (χ3n) is 4.75. The summed E-state index contributed by atoms with van der Waals surface area (Å²) in [6, 6.07) is 14.8. The lowest BCUT2D eigenvalue weighted by Crippen LogP contribution is -2.02. The Hall–Kier alpha value is -2.20. The van der Waals surface area contributed by atoms with Crippen LogP contribution < -0.4 is 4.74 Å². The van der Waals surface area contributed by atoms with Crippen molar-refractivity contribution in [3.8, 4) is 27.3 Å². The molecule has 1 heterocycles. The minimum atomic E-state index is -0.906. The van der Waals surface area contributed by atoms with Crippen LogP contribution in [0.25, 0.3) is 21.6 Å². The van der Waals surface area contributed by atoms with Gasteiger partial charge in [-0.2, -0.15) is 4.39 Å². The molecule has 1 nitrogen and oxygen atoms in total. The summed E-state index contributed by atoms with van der Waals surface area (Å²) in [7, 11) is 0. The van der Waals surface area contributed by atoms with E-state index in [0.717, 1.165) is 12.0 Å². The van der Waals surface area contributed by atoms with E-state index in [2.05, 4.69) is 19.1 Å². The fourth-order valence-electron chi connectivity index (χ4n) is 3.01. The van der Waals surface area contributed by atoms with Crippen LogP contribution >= 0.6 is 11.3 Å². The highest BCUT2D eigenvalue weighted by Gasteiger charge is 2.21. The fourth-order valence-corrected chi connectivity index (χ4v) is 3.88. The molecule has 0 spiro atoms. The summed E-state index contributed by atoms with van der Waals surface area (Å²) in [6.45, 7) is 2.50. The Morgan fingerprint density at radius 2 is 1.65 bits per heavy atom. The predicted octanol–water partition coefficient (Wildman–Crippen LogP) is 6.85. The van der Waals surface area contributed by atoms with Gasteiger partial charge in [-0.1, -0.05) is 37.1 Å². The van der Waals surface area contributed by atoms with Crippen molar-refractivity contribution in [2.75, 3.05) is 6.61 Å². The molecule has 26 heavy (non-hydrogen) atoms. The lowest BCUT2D eigenvalue weighted by molar-refractivity contribution is 0.283. The van der Waals surface area contributed by atoms with Gasteiger partial charge >= 0.3 is 0 Å². The minimum absolute atomic E-state index is 0.00224. The van der Waals surface area contributed by atoms with Crippen LogP contribution in [0.15, 0.2) is 48.5 Å². The van der Waals surface area contributed by atoms with E-state index in [9.17, 15) is 8.78 Å². The van der Waals surface area contributed by atoms with E-state index in [0.29, 0.717) is 18.1 Å². The van der Waals surface area contributed by atoms with Crippen LogP contribution in [0, 0.1) is 24.5 Å². The second-order valence-corrected chi connectivity index (χ2v) is 8.10. The number of thiophene rings is 1. The van der Waals surface area contributed by atoms with Crippen LogP contribution in [-0.4, -0.2) is 6.61 Å². The van der Waals surface area contributed by atoms with Gasteiger partial charge in [-0.3, -0.25) is 0 Å². The summed E-state index contributed by atoms with van der Waals surface area (Å²) < 4.78 is 34.3. The molecule has 0 amide bonds. The van der Waals surface area contributed by atoms with Crippen molar-refractivity contribution in [3.63, 3.8) is 0 Å². The number of halogens is 2. The molecule has 0 atom stereocenters. The molecule has 1 aromatic heterocycles. The highest BCUT2D eigenvalue weighted by Crippen LogP contribution is 2.34. The number of ether oxygens (including phenoxy) is 1. The van der Waals surface area contributed by atoms with Crippen molar-refractivity contribution >= 4 is 11.3 Å². The van der Waals surface area contributed by atoms with Crippen molar-refractivity contribution in [3.05, 3.63) is 65.0 Å². The average molecular weight is 370 g/mol. The van der Waals surface area contributed by atoms with Gasteiger partial charge in [0, 0.05) is 15.3 Å². The normalized spacial score (nSPS) is 13.8. The van der Waals surface area contributed by atoms with Crippen molar-refractivity contribution in [1.82, 2.24) is 0 Å². The number of hydrogen-bond donors (Lipinski definition) is 0. The molecule has 0 saturated heterocycles. The second-order valence-electron chi connectivity index (χ2n) is 6.81. The Morgan fingerprint density at radius 3 is 2.31 bits per heavy atom. The maximum absolute atomic E-state index is 14.5. The standard InChI is InChI=1S/C22H20F2OS/c1-14-2-11-20(26-14)17-7-5-16(6-8-17)18-9-10-19(22(24)21(18)23)25-13-12-15-3-4-15/h2,5-11,15H,3-4,12-13H2,1H3. The maximum atomic E-state index is 14.5. The van der Waals surface area contributed by atoms with Crippen LogP contribution in [0.3, 0.4) is 0 Å². The molecular weight excluding hydrogens is 350 g/mol. The van der Waals surface area contributed by atoms with Gasteiger partial charge in [0.05, 0.1) is 6.61 Å². The van der Waals surface area contributed by atoms with Crippen LogP contribution in [0.2, 0.25) is 0 Å². The number of aryl methyl sites for hydroxylation is 1. The maximum Gasteiger partial charge on any atom is 0.201 e. The SMILES string of the molecule is Cc1ccc(-c2ccc(-c3ccc(OCCC4CC4)c(F)c3F)cc2)s1. The predicted molar refractivity (Wildman–Crippen MR) is 103 cm³/mol. The highest BCUT2D eigenvalue weighted by atomic mass is 32.1. The lowest BCUT2D eigenvalue weighted by atomic mass is 10.0. The second kappa shape index (κ2) is 7.20. The van der Waals surface area contributed by atoms with E-state index in [1.165, 1.54) is 28.7 Å². The number of hydrogen-bond acceptors (Lipinski definition) is 2. The molecule has 1 fully saturated rings. The first-order valence-electron chi connectivity index (χ1n) is 8.90. The monoisotopic (exact) mass is 370 g/mol. The van der Waals surface area contributed by atoms with Crippen LogP contribution in [0.4, 0.5) is 8.78 Å². The Kier molecular flexibility index (Phi) is 4.77. The van der Waals surface area contributed by atoms with E-state index in [-0.39, 0.29) is 11.3 Å². The van der Waals surface area contributed by atoms with Gasteiger partial charge in [-0.15, -0.1) is 11.3 Å². The summed E-state index contributed by atoms with van der Waals surface area (Å²) in [5, 5.41) is 0. The zero-order valence-electron chi connectivity index (χ0n) is 14.6. The van der Waals surface area contributed by atoms with Gasteiger partial charge in [-0.05, 0) is 54.7 Å². The molecule has 4 rings (SSSR count). The molecule has 0 N–H and O–H groups in total. The van der Waals surface area contributed by atoms with Gasteiger partial charge < -0.3 is 4.74 Å². The zero-order valence-corrected chi connectivity index (χ0v) is 15.4. The summed E-state index contributed by atoms with van der Waals surface area (Å²) in [5.41, 5.74) is 1.99. The highest BCUT2D eigenvalue weighted by molar-refractivity contribution is 7.15. The van der Waals surface area contributed by atoms with Gasteiger partial charge in [-0.25, -0.2) is 4.39 Å². The molecule has 1 saturated carbocycles. The van der Waals surface area contributed by atoms with Crippen LogP contribution in [0.1, 0.15) is 24.1 Å². The average Bonchev–Trinajstić information content (AvgIpc) is 3.37. The first-order valence-corrected chi connectivity index (χ1v) is 9.71. The first-order chi connectivity index (χ1) is 12.6. The molecule has 3 aromatic rings. The summed E-state index contributed by atoms with van der Waals surface area (Å²) in [5.74, 6) is -1.06. The largest absolute Gasteiger partial charge is 0.490 e. The van der Waals surface area contributed by atoms with E-state index in [4.69, 9.17) is 4.74 Å². The van der Waals surface area contributed by atoms with E-state index >= 15 is 0 Å². The molecule has 1 aliphatic carbocycles. The number of benzene rings is 2. The first kappa shape index (κ1) is 17.2. The molecule has 0 bridgehead atoms. The van der Waals surface area contributed by atoms with Gasteiger partial charge in [0.25, 0.3) is 0 Å². The van der Waals surface area contributed by atoms with Crippen molar-refractivity contribution in [2.24, 2.45) is 5.92 Å². The molecule has 134 valence electrons. The Bertz CT molecular complexity index is 910. The Balaban J connectivity index is 1.53. The van der Waals surface area contributed by atoms with Crippen molar-refractivity contribution in [2.45, 2.75) is 26.2 Å². The molecule has 2 aromatic carbocycles. The summed E-state index contributed by atoms with van der Waals surface area (Å²) in [4.78, 5) is 2.41. The van der Waals surface area contributed by atoms with Crippen molar-refractivity contribution < 1.29 is 13.5 Å². The molecular formula is C22H20F2OS. The topological polar surface area (TPSA) is 9.23 Å². The van der Waals surface area contributed by atoms with Gasteiger partial charge in [0.15, 0.2) is 11.6 Å². The van der Waals surface area contributed by atoms with E-state index < -0.39 is 11.6 Å². The zero-order chi connectivity index (χ0) is 18.1. The lowest BCUT2D eigenvalue weighted by Gasteiger charge is -2.11. The van der Waals surface area contributed by atoms with E-state index in [1.807, 2.05) is 24.3 Å². The summed E-state index contributed by atoms with van der Waals surface area (Å²) >= 11 is 1.71. The Labute approximate surface area is 156 Å². The van der Waals surface area contributed by atoms with Crippen molar-refractivity contribution in [1.29, 1.82) is 0 Å². The minimum Gasteiger partial charge on any atom is -0.490 e.